The van der Waals surface area contributed by atoms with Crippen molar-refractivity contribution in [3.63, 3.8) is 0 Å². The van der Waals surface area contributed by atoms with Gasteiger partial charge in [0, 0.05) is 18.2 Å². The van der Waals surface area contributed by atoms with Crippen LogP contribution in [0.4, 0.5) is 4.39 Å². The number of carbonyl (C=O) groups excluding carboxylic acids is 1. The maximum Gasteiger partial charge on any atom is 0.224 e. The number of ether oxygens (including phenoxy) is 1. The van der Waals surface area contributed by atoms with Crippen LogP contribution in [0.2, 0.25) is 5.02 Å². The normalized spacial score (nSPS) is 17.9. The summed E-state index contributed by atoms with van der Waals surface area (Å²) in [5, 5.41) is 3.16. The molecular formula is C16H21ClFNO2. The van der Waals surface area contributed by atoms with Crippen molar-refractivity contribution in [2.75, 3.05) is 13.2 Å². The highest BCUT2D eigenvalue weighted by Gasteiger charge is 2.14. The molecule has 1 saturated heterocycles. The van der Waals surface area contributed by atoms with E-state index in [2.05, 4.69) is 5.32 Å². The molecule has 1 aromatic carbocycles. The zero-order chi connectivity index (χ0) is 15.1. The maximum absolute atomic E-state index is 12.9. The van der Waals surface area contributed by atoms with Gasteiger partial charge in [0.15, 0.2) is 0 Å². The second-order valence-electron chi connectivity index (χ2n) is 5.39. The first-order chi connectivity index (χ1) is 10.1. The Morgan fingerprint density at radius 1 is 1.43 bits per heavy atom. The number of hydrogen-bond donors (Lipinski definition) is 1. The van der Waals surface area contributed by atoms with Gasteiger partial charge < -0.3 is 10.1 Å². The molecule has 0 aromatic heterocycles. The highest BCUT2D eigenvalue weighted by atomic mass is 35.5. The van der Waals surface area contributed by atoms with Crippen LogP contribution < -0.4 is 5.32 Å². The third-order valence-electron chi connectivity index (χ3n) is 3.67. The van der Waals surface area contributed by atoms with Gasteiger partial charge in [-0.1, -0.05) is 17.7 Å². The van der Waals surface area contributed by atoms with Crippen LogP contribution in [0.5, 0.6) is 0 Å². The van der Waals surface area contributed by atoms with Crippen LogP contribution in [0.15, 0.2) is 18.2 Å². The average molecular weight is 314 g/mol. The second-order valence-corrected chi connectivity index (χ2v) is 5.80. The van der Waals surface area contributed by atoms with Gasteiger partial charge in [-0.3, -0.25) is 4.79 Å². The van der Waals surface area contributed by atoms with Crippen LogP contribution in [-0.4, -0.2) is 25.2 Å². The van der Waals surface area contributed by atoms with Crippen molar-refractivity contribution in [2.45, 2.75) is 44.6 Å². The standard InChI is InChI=1S/C16H21ClFNO2/c17-15-11-13(18)7-6-12(15)10-16(20)19-8-2-1-4-14-5-3-9-21-14/h6-7,11,14H,1-5,8-10H2,(H,19,20). The Balaban J connectivity index is 1.60. The predicted molar refractivity (Wildman–Crippen MR) is 80.9 cm³/mol. The van der Waals surface area contributed by atoms with Crippen molar-refractivity contribution in [3.8, 4) is 0 Å². The van der Waals surface area contributed by atoms with Crippen molar-refractivity contribution in [2.24, 2.45) is 0 Å². The van der Waals surface area contributed by atoms with Crippen LogP contribution in [-0.2, 0) is 16.0 Å². The number of rotatable bonds is 7. The number of hydrogen-bond acceptors (Lipinski definition) is 2. The Labute approximate surface area is 129 Å². The second kappa shape index (κ2) is 8.35. The average Bonchev–Trinajstić information content (AvgIpc) is 2.95. The van der Waals surface area contributed by atoms with Crippen molar-refractivity contribution in [1.82, 2.24) is 5.32 Å². The minimum Gasteiger partial charge on any atom is -0.378 e. The minimum atomic E-state index is -0.390. The Morgan fingerprint density at radius 3 is 3.00 bits per heavy atom. The van der Waals surface area contributed by atoms with E-state index in [0.717, 1.165) is 32.3 Å². The molecular weight excluding hydrogens is 293 g/mol. The van der Waals surface area contributed by atoms with Crippen molar-refractivity contribution in [3.05, 3.63) is 34.6 Å². The lowest BCUT2D eigenvalue weighted by Gasteiger charge is -2.09. The molecule has 0 saturated carbocycles. The molecule has 0 radical (unpaired) electrons. The topological polar surface area (TPSA) is 38.3 Å². The first kappa shape index (κ1) is 16.2. The number of carbonyl (C=O) groups is 1. The molecule has 0 bridgehead atoms. The quantitative estimate of drug-likeness (QED) is 0.783. The first-order valence-corrected chi connectivity index (χ1v) is 7.85. The Kier molecular flexibility index (Phi) is 6.46. The van der Waals surface area contributed by atoms with E-state index in [9.17, 15) is 9.18 Å². The highest BCUT2D eigenvalue weighted by molar-refractivity contribution is 6.31. The number of halogens is 2. The smallest absolute Gasteiger partial charge is 0.224 e. The van der Waals surface area contributed by atoms with E-state index >= 15 is 0 Å². The van der Waals surface area contributed by atoms with Gasteiger partial charge in [0.05, 0.1) is 12.5 Å². The van der Waals surface area contributed by atoms with Gasteiger partial charge in [0.2, 0.25) is 5.91 Å². The largest absolute Gasteiger partial charge is 0.378 e. The monoisotopic (exact) mass is 313 g/mol. The molecule has 21 heavy (non-hydrogen) atoms. The van der Waals surface area contributed by atoms with Gasteiger partial charge in [0.25, 0.3) is 0 Å². The third-order valence-corrected chi connectivity index (χ3v) is 4.02. The summed E-state index contributed by atoms with van der Waals surface area (Å²) < 4.78 is 18.5. The fraction of sp³-hybridized carbons (Fsp3) is 0.562. The summed E-state index contributed by atoms with van der Waals surface area (Å²) in [6.07, 6.45) is 6.00. The van der Waals surface area contributed by atoms with E-state index in [-0.39, 0.29) is 12.3 Å². The lowest BCUT2D eigenvalue weighted by molar-refractivity contribution is -0.120. The van der Waals surface area contributed by atoms with Crippen LogP contribution in [0.1, 0.15) is 37.7 Å². The Hall–Kier alpha value is -1.13. The molecule has 116 valence electrons. The first-order valence-electron chi connectivity index (χ1n) is 7.47. The molecule has 1 aliphatic heterocycles. The molecule has 1 fully saturated rings. The van der Waals surface area contributed by atoms with E-state index in [1.807, 2.05) is 0 Å². The fourth-order valence-electron chi connectivity index (χ4n) is 2.50. The molecule has 3 nitrogen and oxygen atoms in total. The molecule has 1 amide bonds. The molecule has 0 spiro atoms. The number of nitrogens with one attached hydrogen (secondary N) is 1. The number of amides is 1. The van der Waals surface area contributed by atoms with Crippen LogP contribution >= 0.6 is 11.6 Å². The summed E-state index contributed by atoms with van der Waals surface area (Å²) >= 11 is 5.90. The molecule has 1 atom stereocenters. The molecule has 0 aliphatic carbocycles. The maximum atomic E-state index is 12.9. The van der Waals surface area contributed by atoms with Crippen molar-refractivity contribution in [1.29, 1.82) is 0 Å². The summed E-state index contributed by atoms with van der Waals surface area (Å²) in [5.74, 6) is -0.473. The van der Waals surface area contributed by atoms with Crippen LogP contribution in [0.3, 0.4) is 0 Å². The fourth-order valence-corrected chi connectivity index (χ4v) is 2.73. The van der Waals surface area contributed by atoms with Gasteiger partial charge >= 0.3 is 0 Å². The molecule has 2 rings (SSSR count). The van der Waals surface area contributed by atoms with E-state index < -0.39 is 5.82 Å². The molecule has 1 aromatic rings. The lowest BCUT2D eigenvalue weighted by atomic mass is 10.1. The van der Waals surface area contributed by atoms with Crippen molar-refractivity contribution >= 4 is 17.5 Å². The number of unbranched alkanes of at least 4 members (excludes halogenated alkanes) is 1. The molecule has 1 aliphatic rings. The van der Waals surface area contributed by atoms with E-state index in [4.69, 9.17) is 16.3 Å². The SMILES string of the molecule is O=C(Cc1ccc(F)cc1Cl)NCCCCC1CCCO1. The van der Waals surface area contributed by atoms with Gasteiger partial charge in [-0.25, -0.2) is 4.39 Å². The summed E-state index contributed by atoms with van der Waals surface area (Å²) in [4.78, 5) is 11.8. The molecule has 5 heteroatoms. The summed E-state index contributed by atoms with van der Waals surface area (Å²) in [7, 11) is 0. The molecule has 1 heterocycles. The molecule has 1 unspecified atom stereocenters. The van der Waals surface area contributed by atoms with Gasteiger partial charge in [-0.2, -0.15) is 0 Å². The zero-order valence-corrected chi connectivity index (χ0v) is 12.8. The van der Waals surface area contributed by atoms with E-state index in [1.165, 1.54) is 18.6 Å². The summed E-state index contributed by atoms with van der Waals surface area (Å²) in [6.45, 7) is 1.55. The van der Waals surface area contributed by atoms with E-state index in [1.54, 1.807) is 6.07 Å². The summed E-state index contributed by atoms with van der Waals surface area (Å²) in [5.41, 5.74) is 0.648. The Bertz CT molecular complexity index is 475. The van der Waals surface area contributed by atoms with Gasteiger partial charge in [-0.15, -0.1) is 0 Å². The predicted octanol–water partition coefficient (Wildman–Crippen LogP) is 3.49. The van der Waals surface area contributed by atoms with Gasteiger partial charge in [0.1, 0.15) is 5.82 Å². The van der Waals surface area contributed by atoms with Crippen LogP contribution in [0, 0.1) is 5.82 Å². The van der Waals surface area contributed by atoms with E-state index in [0.29, 0.717) is 23.2 Å². The lowest BCUT2D eigenvalue weighted by Crippen LogP contribution is -2.26. The third kappa shape index (κ3) is 5.64. The van der Waals surface area contributed by atoms with Crippen molar-refractivity contribution < 1.29 is 13.9 Å². The zero-order valence-electron chi connectivity index (χ0n) is 12.0. The minimum absolute atomic E-state index is 0.0828. The van der Waals surface area contributed by atoms with Gasteiger partial charge in [-0.05, 0) is 49.8 Å². The Morgan fingerprint density at radius 2 is 2.29 bits per heavy atom. The number of benzene rings is 1. The molecule has 1 N–H and O–H groups in total. The highest BCUT2D eigenvalue weighted by Crippen LogP contribution is 2.18. The summed E-state index contributed by atoms with van der Waals surface area (Å²) in [6, 6.07) is 4.09. The van der Waals surface area contributed by atoms with Crippen LogP contribution in [0.25, 0.3) is 0 Å².